The SMILES string of the molecule is C=CCC(=CNC1CCCCC1)C(C)=O. The highest BCUT2D eigenvalue weighted by Gasteiger charge is 2.11. The van der Waals surface area contributed by atoms with Crippen LogP contribution in [0, 0.1) is 0 Å². The molecular formula is C13H21NO. The molecule has 0 saturated heterocycles. The van der Waals surface area contributed by atoms with Crippen molar-refractivity contribution in [3.63, 3.8) is 0 Å². The van der Waals surface area contributed by atoms with E-state index in [4.69, 9.17) is 0 Å². The maximum atomic E-state index is 11.3. The van der Waals surface area contributed by atoms with Gasteiger partial charge in [0.05, 0.1) is 0 Å². The van der Waals surface area contributed by atoms with E-state index >= 15 is 0 Å². The topological polar surface area (TPSA) is 29.1 Å². The van der Waals surface area contributed by atoms with Crippen molar-refractivity contribution >= 4 is 5.78 Å². The van der Waals surface area contributed by atoms with Gasteiger partial charge in [-0.05, 0) is 26.2 Å². The number of carbonyl (C=O) groups excluding carboxylic acids is 1. The molecule has 0 aromatic rings. The van der Waals surface area contributed by atoms with Gasteiger partial charge in [-0.3, -0.25) is 4.79 Å². The molecular weight excluding hydrogens is 186 g/mol. The van der Waals surface area contributed by atoms with Crippen molar-refractivity contribution in [3.05, 3.63) is 24.4 Å². The van der Waals surface area contributed by atoms with Crippen molar-refractivity contribution in [1.29, 1.82) is 0 Å². The summed E-state index contributed by atoms with van der Waals surface area (Å²) >= 11 is 0. The quantitative estimate of drug-likeness (QED) is 0.554. The number of allylic oxidation sites excluding steroid dienone is 2. The maximum Gasteiger partial charge on any atom is 0.157 e. The fourth-order valence-corrected chi connectivity index (χ4v) is 1.95. The van der Waals surface area contributed by atoms with Gasteiger partial charge in [0.1, 0.15) is 0 Å². The molecule has 84 valence electrons. The van der Waals surface area contributed by atoms with Gasteiger partial charge in [-0.15, -0.1) is 6.58 Å². The molecule has 1 fully saturated rings. The first-order valence-corrected chi connectivity index (χ1v) is 5.81. The van der Waals surface area contributed by atoms with E-state index in [-0.39, 0.29) is 5.78 Å². The van der Waals surface area contributed by atoms with Crippen LogP contribution in [0.2, 0.25) is 0 Å². The molecule has 1 aliphatic rings. The molecule has 0 spiro atoms. The monoisotopic (exact) mass is 207 g/mol. The van der Waals surface area contributed by atoms with Crippen LogP contribution in [0.25, 0.3) is 0 Å². The van der Waals surface area contributed by atoms with Gasteiger partial charge in [0.25, 0.3) is 0 Å². The van der Waals surface area contributed by atoms with Crippen LogP contribution in [0.3, 0.4) is 0 Å². The summed E-state index contributed by atoms with van der Waals surface area (Å²) in [6, 6.07) is 0.568. The molecule has 0 aromatic carbocycles. The molecule has 2 nitrogen and oxygen atoms in total. The average Bonchev–Trinajstić information content (AvgIpc) is 2.25. The van der Waals surface area contributed by atoms with Crippen LogP contribution in [0.1, 0.15) is 45.4 Å². The standard InChI is InChI=1S/C13H21NO/c1-3-7-12(11(2)15)10-14-13-8-5-4-6-9-13/h3,10,13-14H,1,4-9H2,2H3. The molecule has 1 N–H and O–H groups in total. The van der Waals surface area contributed by atoms with Gasteiger partial charge in [0.2, 0.25) is 0 Å². The van der Waals surface area contributed by atoms with Gasteiger partial charge in [-0.2, -0.15) is 0 Å². The van der Waals surface area contributed by atoms with Gasteiger partial charge in [0.15, 0.2) is 5.78 Å². The van der Waals surface area contributed by atoms with Gasteiger partial charge in [-0.25, -0.2) is 0 Å². The minimum atomic E-state index is 0.137. The van der Waals surface area contributed by atoms with Gasteiger partial charge in [-0.1, -0.05) is 25.3 Å². The summed E-state index contributed by atoms with van der Waals surface area (Å²) in [5.41, 5.74) is 0.829. The minimum absolute atomic E-state index is 0.137. The molecule has 0 aliphatic heterocycles. The molecule has 0 unspecified atom stereocenters. The number of hydrogen-bond acceptors (Lipinski definition) is 2. The molecule has 1 aliphatic carbocycles. The van der Waals surface area contributed by atoms with Crippen LogP contribution in [-0.4, -0.2) is 11.8 Å². The van der Waals surface area contributed by atoms with E-state index in [1.807, 2.05) is 6.20 Å². The Morgan fingerprint density at radius 1 is 1.40 bits per heavy atom. The summed E-state index contributed by atoms with van der Waals surface area (Å²) in [4.78, 5) is 11.3. The fraction of sp³-hybridized carbons (Fsp3) is 0.615. The number of ketones is 1. The van der Waals surface area contributed by atoms with E-state index in [2.05, 4.69) is 11.9 Å². The summed E-state index contributed by atoms with van der Waals surface area (Å²) in [5.74, 6) is 0.137. The van der Waals surface area contributed by atoms with Gasteiger partial charge < -0.3 is 5.32 Å². The van der Waals surface area contributed by atoms with Crippen LogP contribution < -0.4 is 5.32 Å². The van der Waals surface area contributed by atoms with Crippen molar-refractivity contribution in [2.75, 3.05) is 0 Å². The average molecular weight is 207 g/mol. The Balaban J connectivity index is 2.44. The molecule has 0 radical (unpaired) electrons. The Morgan fingerprint density at radius 2 is 2.07 bits per heavy atom. The second kappa shape index (κ2) is 6.44. The lowest BCUT2D eigenvalue weighted by Gasteiger charge is -2.22. The van der Waals surface area contributed by atoms with E-state index in [9.17, 15) is 4.79 Å². The van der Waals surface area contributed by atoms with Crippen molar-refractivity contribution in [2.24, 2.45) is 0 Å². The van der Waals surface area contributed by atoms with E-state index in [0.717, 1.165) is 5.57 Å². The molecule has 0 bridgehead atoms. The Hall–Kier alpha value is -1.05. The van der Waals surface area contributed by atoms with Crippen LogP contribution in [0.5, 0.6) is 0 Å². The number of Topliss-reactive ketones (excluding diaryl/α,β-unsaturated/α-hetero) is 1. The Labute approximate surface area is 92.4 Å². The minimum Gasteiger partial charge on any atom is -0.388 e. The normalized spacial score (nSPS) is 18.6. The van der Waals surface area contributed by atoms with Crippen LogP contribution in [0.15, 0.2) is 24.4 Å². The first-order valence-electron chi connectivity index (χ1n) is 5.81. The van der Waals surface area contributed by atoms with Crippen LogP contribution in [0.4, 0.5) is 0 Å². The molecule has 1 saturated carbocycles. The van der Waals surface area contributed by atoms with Crippen LogP contribution >= 0.6 is 0 Å². The predicted molar refractivity (Wildman–Crippen MR) is 63.6 cm³/mol. The molecule has 0 aromatic heterocycles. The highest BCUT2D eigenvalue weighted by atomic mass is 16.1. The molecule has 0 amide bonds. The van der Waals surface area contributed by atoms with Gasteiger partial charge in [0, 0.05) is 17.8 Å². The second-order valence-corrected chi connectivity index (χ2v) is 4.22. The summed E-state index contributed by atoms with van der Waals surface area (Å²) in [6.45, 7) is 5.27. The second-order valence-electron chi connectivity index (χ2n) is 4.22. The third-order valence-corrected chi connectivity index (χ3v) is 2.91. The number of rotatable bonds is 5. The number of carbonyl (C=O) groups is 1. The van der Waals surface area contributed by atoms with Crippen molar-refractivity contribution in [1.82, 2.24) is 5.32 Å². The first-order chi connectivity index (χ1) is 7.24. The van der Waals surface area contributed by atoms with E-state index in [1.165, 1.54) is 32.1 Å². The van der Waals surface area contributed by atoms with Crippen molar-refractivity contribution in [3.8, 4) is 0 Å². The number of nitrogens with one attached hydrogen (secondary N) is 1. The van der Waals surface area contributed by atoms with E-state index < -0.39 is 0 Å². The zero-order valence-corrected chi connectivity index (χ0v) is 9.59. The van der Waals surface area contributed by atoms with Crippen LogP contribution in [-0.2, 0) is 4.79 Å². The van der Waals surface area contributed by atoms with E-state index in [1.54, 1.807) is 13.0 Å². The molecule has 2 heteroatoms. The highest BCUT2D eigenvalue weighted by molar-refractivity contribution is 5.93. The third kappa shape index (κ3) is 4.32. The summed E-state index contributed by atoms with van der Waals surface area (Å²) < 4.78 is 0. The largest absolute Gasteiger partial charge is 0.388 e. The van der Waals surface area contributed by atoms with E-state index in [0.29, 0.717) is 12.5 Å². The van der Waals surface area contributed by atoms with Gasteiger partial charge >= 0.3 is 0 Å². The number of hydrogen-bond donors (Lipinski definition) is 1. The zero-order chi connectivity index (χ0) is 11.1. The van der Waals surface area contributed by atoms with Crippen molar-refractivity contribution < 1.29 is 4.79 Å². The lowest BCUT2D eigenvalue weighted by atomic mass is 9.95. The lowest BCUT2D eigenvalue weighted by molar-refractivity contribution is -0.113. The Bertz CT molecular complexity index is 249. The highest BCUT2D eigenvalue weighted by Crippen LogP contribution is 2.17. The molecule has 15 heavy (non-hydrogen) atoms. The predicted octanol–water partition coefficient (Wildman–Crippen LogP) is 2.96. The summed E-state index contributed by atoms with van der Waals surface area (Å²) in [5, 5.41) is 3.36. The fourth-order valence-electron chi connectivity index (χ4n) is 1.95. The third-order valence-electron chi connectivity index (χ3n) is 2.91. The molecule has 0 heterocycles. The zero-order valence-electron chi connectivity index (χ0n) is 9.59. The maximum absolute atomic E-state index is 11.3. The smallest absolute Gasteiger partial charge is 0.157 e. The first kappa shape index (κ1) is 12.0. The summed E-state index contributed by atoms with van der Waals surface area (Å²) in [6.07, 6.45) is 10.8. The summed E-state index contributed by atoms with van der Waals surface area (Å²) in [7, 11) is 0. The molecule has 1 rings (SSSR count). The lowest BCUT2D eigenvalue weighted by Crippen LogP contribution is -2.27. The molecule has 0 atom stereocenters. The Kier molecular flexibility index (Phi) is 5.16. The van der Waals surface area contributed by atoms with Crippen molar-refractivity contribution in [2.45, 2.75) is 51.5 Å². The Morgan fingerprint density at radius 3 is 2.60 bits per heavy atom.